The van der Waals surface area contributed by atoms with Crippen molar-refractivity contribution in [1.29, 1.82) is 0 Å². The van der Waals surface area contributed by atoms with E-state index >= 15 is 0 Å². The van der Waals surface area contributed by atoms with Gasteiger partial charge in [-0.2, -0.15) is 26.3 Å². The predicted molar refractivity (Wildman–Crippen MR) is 51.6 cm³/mol. The highest BCUT2D eigenvalue weighted by atomic mass is 19.4. The van der Waals surface area contributed by atoms with Gasteiger partial charge in [-0.05, 0) is 0 Å². The van der Waals surface area contributed by atoms with Crippen LogP contribution in [-0.4, -0.2) is 29.7 Å². The molecule has 0 saturated heterocycles. The van der Waals surface area contributed by atoms with Gasteiger partial charge in [-0.15, -0.1) is 0 Å². The highest BCUT2D eigenvalue weighted by Crippen LogP contribution is 2.49. The molecular formula is C10H14F6O2. The third-order valence-corrected chi connectivity index (χ3v) is 2.61. The average molecular weight is 280 g/mol. The molecule has 0 aliphatic heterocycles. The van der Waals surface area contributed by atoms with E-state index in [1.807, 2.05) is 0 Å². The van der Waals surface area contributed by atoms with Crippen molar-refractivity contribution in [2.75, 3.05) is 6.61 Å². The molecule has 108 valence electrons. The molecule has 0 aromatic heterocycles. The number of halogens is 6. The van der Waals surface area contributed by atoms with Gasteiger partial charge in [0.25, 0.3) is 0 Å². The van der Waals surface area contributed by atoms with Gasteiger partial charge < -0.3 is 9.84 Å². The fourth-order valence-electron chi connectivity index (χ4n) is 1.40. The molecule has 0 heterocycles. The molecular weight excluding hydrogens is 266 g/mol. The van der Waals surface area contributed by atoms with Gasteiger partial charge in [0.2, 0.25) is 0 Å². The van der Waals surface area contributed by atoms with Gasteiger partial charge in [0.1, 0.15) is 0 Å². The number of alkyl halides is 6. The SMILES string of the molecule is C=COCC(C)(C)C(O)(CC(F)(F)F)C(F)(F)F. The minimum atomic E-state index is -5.43. The van der Waals surface area contributed by atoms with Gasteiger partial charge in [-0.3, -0.25) is 0 Å². The first-order valence-corrected chi connectivity index (χ1v) is 4.85. The maximum Gasteiger partial charge on any atom is 0.418 e. The summed E-state index contributed by atoms with van der Waals surface area (Å²) in [5, 5.41) is 9.48. The van der Waals surface area contributed by atoms with Gasteiger partial charge in [0.05, 0.1) is 19.3 Å². The lowest BCUT2D eigenvalue weighted by Crippen LogP contribution is -2.59. The molecule has 8 heteroatoms. The van der Waals surface area contributed by atoms with Crippen LogP contribution in [0.4, 0.5) is 26.3 Å². The summed E-state index contributed by atoms with van der Waals surface area (Å²) < 4.78 is 79.3. The number of ether oxygens (including phenoxy) is 1. The smallest absolute Gasteiger partial charge is 0.418 e. The lowest BCUT2D eigenvalue weighted by molar-refractivity contribution is -0.330. The third-order valence-electron chi connectivity index (χ3n) is 2.61. The first kappa shape index (κ1) is 17.1. The monoisotopic (exact) mass is 280 g/mol. The second-order valence-corrected chi connectivity index (χ2v) is 4.51. The van der Waals surface area contributed by atoms with Gasteiger partial charge in [-0.1, -0.05) is 20.4 Å². The Morgan fingerprint density at radius 2 is 1.56 bits per heavy atom. The molecule has 1 atom stereocenters. The molecule has 0 saturated carbocycles. The highest BCUT2D eigenvalue weighted by Gasteiger charge is 2.66. The molecule has 0 spiro atoms. The lowest BCUT2D eigenvalue weighted by Gasteiger charge is -2.43. The van der Waals surface area contributed by atoms with Crippen molar-refractivity contribution >= 4 is 0 Å². The van der Waals surface area contributed by atoms with Crippen molar-refractivity contribution in [3.8, 4) is 0 Å². The molecule has 1 N–H and O–H groups in total. The Labute approximate surface area is 100 Å². The summed E-state index contributed by atoms with van der Waals surface area (Å²) >= 11 is 0. The van der Waals surface area contributed by atoms with Crippen LogP contribution >= 0.6 is 0 Å². The van der Waals surface area contributed by atoms with Crippen molar-refractivity contribution in [2.24, 2.45) is 5.41 Å². The Kier molecular flexibility index (Phi) is 4.73. The maximum atomic E-state index is 12.7. The van der Waals surface area contributed by atoms with E-state index in [2.05, 4.69) is 11.3 Å². The third kappa shape index (κ3) is 3.79. The van der Waals surface area contributed by atoms with E-state index in [0.29, 0.717) is 0 Å². The minimum absolute atomic E-state index is 0.747. The highest BCUT2D eigenvalue weighted by molar-refractivity contribution is 5.00. The molecule has 1 unspecified atom stereocenters. The summed E-state index contributed by atoms with van der Waals surface area (Å²) in [6.07, 6.45) is -12.2. The molecule has 0 bridgehead atoms. The van der Waals surface area contributed by atoms with Crippen molar-refractivity contribution in [3.05, 3.63) is 12.8 Å². The van der Waals surface area contributed by atoms with Crippen LogP contribution in [0, 0.1) is 5.41 Å². The van der Waals surface area contributed by atoms with E-state index in [4.69, 9.17) is 0 Å². The van der Waals surface area contributed by atoms with Crippen LogP contribution in [-0.2, 0) is 4.74 Å². The molecule has 0 aliphatic rings. The predicted octanol–water partition coefficient (Wildman–Crippen LogP) is 3.42. The molecule has 0 amide bonds. The standard InChI is InChI=1S/C10H14F6O2/c1-4-18-6-7(2,3)8(17,10(14,15)16)5-9(11,12)13/h4,17H,1,5-6H2,2-3H3. The van der Waals surface area contributed by atoms with Gasteiger partial charge in [-0.25, -0.2) is 0 Å². The maximum absolute atomic E-state index is 12.7. The minimum Gasteiger partial charge on any atom is -0.501 e. The van der Waals surface area contributed by atoms with E-state index in [-0.39, 0.29) is 0 Å². The fourth-order valence-corrected chi connectivity index (χ4v) is 1.40. The van der Waals surface area contributed by atoms with Crippen LogP contribution in [0.5, 0.6) is 0 Å². The van der Waals surface area contributed by atoms with Crippen LogP contribution in [0.3, 0.4) is 0 Å². The number of rotatable bonds is 5. The first-order chi connectivity index (χ1) is 7.77. The van der Waals surface area contributed by atoms with Crippen molar-refractivity contribution in [3.63, 3.8) is 0 Å². The molecule has 0 aromatic rings. The molecule has 0 fully saturated rings. The summed E-state index contributed by atoms with van der Waals surface area (Å²) in [7, 11) is 0. The Morgan fingerprint density at radius 3 is 1.83 bits per heavy atom. The Balaban J connectivity index is 5.41. The lowest BCUT2D eigenvalue weighted by atomic mass is 9.72. The van der Waals surface area contributed by atoms with Crippen molar-refractivity contribution in [1.82, 2.24) is 0 Å². The van der Waals surface area contributed by atoms with Crippen LogP contribution in [0.15, 0.2) is 12.8 Å². The van der Waals surface area contributed by atoms with Gasteiger partial charge in [0.15, 0.2) is 5.60 Å². The van der Waals surface area contributed by atoms with E-state index in [1.54, 1.807) is 0 Å². The van der Waals surface area contributed by atoms with E-state index < -0.39 is 36.4 Å². The topological polar surface area (TPSA) is 29.5 Å². The van der Waals surface area contributed by atoms with Crippen LogP contribution in [0.25, 0.3) is 0 Å². The van der Waals surface area contributed by atoms with Crippen LogP contribution in [0.1, 0.15) is 20.3 Å². The zero-order valence-corrected chi connectivity index (χ0v) is 9.82. The van der Waals surface area contributed by atoms with Crippen molar-refractivity contribution in [2.45, 2.75) is 38.2 Å². The zero-order chi connectivity index (χ0) is 14.8. The summed E-state index contributed by atoms with van der Waals surface area (Å²) in [6.45, 7) is 4.01. The second-order valence-electron chi connectivity index (χ2n) is 4.51. The summed E-state index contributed by atoms with van der Waals surface area (Å²) in [5.41, 5.74) is -6.11. The second kappa shape index (κ2) is 4.99. The van der Waals surface area contributed by atoms with Crippen LogP contribution in [0.2, 0.25) is 0 Å². The van der Waals surface area contributed by atoms with Crippen LogP contribution < -0.4 is 0 Å². The Morgan fingerprint density at radius 1 is 1.11 bits per heavy atom. The van der Waals surface area contributed by atoms with Crippen molar-refractivity contribution < 1.29 is 36.2 Å². The molecule has 18 heavy (non-hydrogen) atoms. The number of hydrogen-bond acceptors (Lipinski definition) is 2. The molecule has 0 radical (unpaired) electrons. The molecule has 2 nitrogen and oxygen atoms in total. The van der Waals surface area contributed by atoms with E-state index in [1.165, 1.54) is 0 Å². The molecule has 0 rings (SSSR count). The van der Waals surface area contributed by atoms with Gasteiger partial charge >= 0.3 is 12.4 Å². The summed E-state index contributed by atoms with van der Waals surface area (Å²) in [5.74, 6) is 0. The largest absolute Gasteiger partial charge is 0.501 e. The fraction of sp³-hybridized carbons (Fsp3) is 0.800. The number of aliphatic hydroxyl groups is 1. The van der Waals surface area contributed by atoms with Gasteiger partial charge in [0, 0.05) is 5.41 Å². The van der Waals surface area contributed by atoms with E-state index in [0.717, 1.165) is 20.1 Å². The van der Waals surface area contributed by atoms with E-state index in [9.17, 15) is 31.4 Å². The molecule has 0 aliphatic carbocycles. The number of hydrogen-bond donors (Lipinski definition) is 1. The normalized spacial score (nSPS) is 17.2. The molecule has 0 aromatic carbocycles. The first-order valence-electron chi connectivity index (χ1n) is 4.85. The Bertz CT molecular complexity index is 294. The summed E-state index contributed by atoms with van der Waals surface area (Å²) in [4.78, 5) is 0. The summed E-state index contributed by atoms with van der Waals surface area (Å²) in [6, 6.07) is 0. The Hall–Kier alpha value is -0.920. The average Bonchev–Trinajstić information content (AvgIpc) is 2.10. The quantitative estimate of drug-likeness (QED) is 0.617. The zero-order valence-electron chi connectivity index (χ0n) is 9.82.